The molecule has 2 amide bonds. The lowest BCUT2D eigenvalue weighted by Gasteiger charge is -2.38. The number of likely N-dealkylation sites (tertiary alicyclic amines) is 1. The van der Waals surface area contributed by atoms with Crippen LogP contribution in [0.4, 0.5) is 5.69 Å². The molecule has 2 heterocycles. The Balaban J connectivity index is 1.60. The number of nitrogens with one attached hydrogen (secondary N) is 2. The fraction of sp³-hybridized carbons (Fsp3) is 0.345. The number of benzene rings is 2. The first kappa shape index (κ1) is 27.3. The van der Waals surface area contributed by atoms with Crippen molar-refractivity contribution in [2.24, 2.45) is 0 Å². The fourth-order valence-corrected chi connectivity index (χ4v) is 5.02. The molecule has 3 N–H and O–H groups in total. The number of aromatic nitrogens is 2. The molecule has 8 nitrogen and oxygen atoms in total. The van der Waals surface area contributed by atoms with Crippen molar-refractivity contribution in [1.82, 2.24) is 19.8 Å². The van der Waals surface area contributed by atoms with Crippen LogP contribution in [0.2, 0.25) is 5.02 Å². The van der Waals surface area contributed by atoms with Crippen LogP contribution >= 0.6 is 11.6 Å². The predicted molar refractivity (Wildman–Crippen MR) is 150 cm³/mol. The lowest BCUT2D eigenvalue weighted by atomic mass is 9.86. The minimum atomic E-state index is -0.239. The number of anilines is 1. The highest BCUT2D eigenvalue weighted by Crippen LogP contribution is 2.37. The maximum absolute atomic E-state index is 13.4. The number of carbonyl (C=O) groups excluding carboxylic acids is 2. The average Bonchev–Trinajstić information content (AvgIpc) is 3.14. The van der Waals surface area contributed by atoms with Crippen LogP contribution in [-0.2, 0) is 23.3 Å². The van der Waals surface area contributed by atoms with Gasteiger partial charge in [-0.05, 0) is 35.6 Å². The second kappa shape index (κ2) is 10.9. The smallest absolute Gasteiger partial charge is 0.270 e. The van der Waals surface area contributed by atoms with Crippen molar-refractivity contribution in [3.8, 4) is 5.75 Å². The number of carbonyl (C=O) groups is 2. The van der Waals surface area contributed by atoms with E-state index in [2.05, 4.69) is 38.0 Å². The molecule has 0 bridgehead atoms. The molecule has 0 unspecified atom stereocenters. The van der Waals surface area contributed by atoms with Crippen molar-refractivity contribution in [3.05, 3.63) is 88.5 Å². The van der Waals surface area contributed by atoms with Crippen molar-refractivity contribution < 1.29 is 14.7 Å². The molecular formula is C29H34ClN5O3. The fourth-order valence-electron chi connectivity index (χ4n) is 4.58. The quantitative estimate of drug-likeness (QED) is 0.288. The molecule has 9 heteroatoms. The predicted octanol–water partition coefficient (Wildman–Crippen LogP) is 4.64. The van der Waals surface area contributed by atoms with E-state index >= 15 is 0 Å². The molecule has 4 rings (SSSR count). The number of amides is 2. The molecule has 3 aromatic rings. The third-order valence-electron chi connectivity index (χ3n) is 6.65. The molecular weight excluding hydrogens is 502 g/mol. The van der Waals surface area contributed by atoms with Gasteiger partial charge in [0.2, 0.25) is 5.91 Å². The largest absolute Gasteiger partial charge is 0.506 e. The summed E-state index contributed by atoms with van der Waals surface area (Å²) in [5.41, 5.74) is 3.34. The highest BCUT2D eigenvalue weighted by Gasteiger charge is 2.32. The zero-order valence-electron chi connectivity index (χ0n) is 22.2. The Morgan fingerprint density at radius 2 is 1.89 bits per heavy atom. The summed E-state index contributed by atoms with van der Waals surface area (Å²) in [4.78, 5) is 31.5. The van der Waals surface area contributed by atoms with E-state index in [0.717, 1.165) is 11.1 Å². The van der Waals surface area contributed by atoms with Crippen LogP contribution in [0.25, 0.3) is 0 Å². The van der Waals surface area contributed by atoms with E-state index in [9.17, 15) is 14.7 Å². The monoisotopic (exact) mass is 535 g/mol. The third-order valence-corrected chi connectivity index (χ3v) is 6.97. The molecule has 0 saturated carbocycles. The van der Waals surface area contributed by atoms with Crippen LogP contribution in [0.15, 0.2) is 55.1 Å². The first-order valence-corrected chi connectivity index (χ1v) is 12.9. The first-order valence-electron chi connectivity index (χ1n) is 12.6. The van der Waals surface area contributed by atoms with E-state index in [1.807, 2.05) is 47.9 Å². The van der Waals surface area contributed by atoms with Gasteiger partial charge in [-0.1, -0.05) is 69.3 Å². The number of nitrogens with zero attached hydrogens (tertiary/aromatic N) is 3. The molecule has 0 spiro atoms. The van der Waals surface area contributed by atoms with Crippen LogP contribution in [0, 0.1) is 6.92 Å². The SMILES string of the molecule is C=CC(=O)N1CC(NC(=O)c2c(C)nc(CNc3cc(C(C)(C)C)c(Cl)cc3O)n2Cc2ccccc2)C1. The number of hydrogen-bond acceptors (Lipinski definition) is 5. The standard InChI is InChI=1S/C29H34ClN5O3/c1-6-26(37)34-16-20(17-34)33-28(38)27-18(2)32-25(35(27)15-19-10-8-7-9-11-19)14-31-23-12-21(29(3,4)5)22(30)13-24(23)36/h6-13,20,31,36H,1,14-17H2,2-5H3,(H,33,38). The van der Waals surface area contributed by atoms with Crippen molar-refractivity contribution in [3.63, 3.8) is 0 Å². The molecule has 1 fully saturated rings. The molecule has 1 saturated heterocycles. The minimum absolute atomic E-state index is 0.0439. The summed E-state index contributed by atoms with van der Waals surface area (Å²) < 4.78 is 1.90. The summed E-state index contributed by atoms with van der Waals surface area (Å²) in [5, 5.41) is 17.4. The van der Waals surface area contributed by atoms with Gasteiger partial charge in [-0.15, -0.1) is 0 Å². The first-order chi connectivity index (χ1) is 18.0. The van der Waals surface area contributed by atoms with Crippen LogP contribution in [0.3, 0.4) is 0 Å². The summed E-state index contributed by atoms with van der Waals surface area (Å²) >= 11 is 6.40. The van der Waals surface area contributed by atoms with Gasteiger partial charge in [0.15, 0.2) is 0 Å². The van der Waals surface area contributed by atoms with Gasteiger partial charge >= 0.3 is 0 Å². The number of rotatable bonds is 8. The van der Waals surface area contributed by atoms with Gasteiger partial charge in [-0.25, -0.2) is 4.98 Å². The number of phenols is 1. The lowest BCUT2D eigenvalue weighted by molar-refractivity contribution is -0.130. The summed E-state index contributed by atoms with van der Waals surface area (Å²) in [6.07, 6.45) is 1.28. The Morgan fingerprint density at radius 3 is 2.53 bits per heavy atom. The van der Waals surface area contributed by atoms with Gasteiger partial charge in [0.1, 0.15) is 17.3 Å². The third kappa shape index (κ3) is 5.86. The Hall–Kier alpha value is -3.78. The summed E-state index contributed by atoms with van der Waals surface area (Å²) in [7, 11) is 0. The Kier molecular flexibility index (Phi) is 7.83. The average molecular weight is 536 g/mol. The van der Waals surface area contributed by atoms with E-state index in [1.165, 1.54) is 6.08 Å². The number of hydrogen-bond donors (Lipinski definition) is 3. The number of imidazole rings is 1. The number of aromatic hydroxyl groups is 1. The molecule has 0 atom stereocenters. The zero-order valence-corrected chi connectivity index (χ0v) is 23.0. The van der Waals surface area contributed by atoms with E-state index in [0.29, 0.717) is 47.6 Å². The number of phenolic OH excluding ortho intramolecular Hbond substituents is 1. The van der Waals surface area contributed by atoms with Gasteiger partial charge in [0.25, 0.3) is 5.91 Å². The van der Waals surface area contributed by atoms with E-state index in [-0.39, 0.29) is 35.6 Å². The van der Waals surface area contributed by atoms with Crippen LogP contribution < -0.4 is 10.6 Å². The summed E-state index contributed by atoms with van der Waals surface area (Å²) in [5.74, 6) is 0.314. The van der Waals surface area contributed by atoms with Gasteiger partial charge in [0.05, 0.1) is 24.0 Å². The number of halogens is 1. The molecule has 1 aromatic heterocycles. The summed E-state index contributed by atoms with van der Waals surface area (Å²) in [6.45, 7) is 13.1. The van der Waals surface area contributed by atoms with E-state index < -0.39 is 0 Å². The van der Waals surface area contributed by atoms with E-state index in [4.69, 9.17) is 16.6 Å². The maximum atomic E-state index is 13.4. The van der Waals surface area contributed by atoms with Crippen molar-refractivity contribution in [2.75, 3.05) is 18.4 Å². The molecule has 2 aromatic carbocycles. The molecule has 1 aliphatic rings. The van der Waals surface area contributed by atoms with E-state index in [1.54, 1.807) is 11.0 Å². The molecule has 1 aliphatic heterocycles. The number of aryl methyl sites for hydroxylation is 1. The van der Waals surface area contributed by atoms with Gasteiger partial charge in [0, 0.05) is 30.7 Å². The van der Waals surface area contributed by atoms with Crippen LogP contribution in [0.5, 0.6) is 5.75 Å². The second-order valence-electron chi connectivity index (χ2n) is 10.6. The highest BCUT2D eigenvalue weighted by molar-refractivity contribution is 6.31. The molecule has 0 radical (unpaired) electrons. The van der Waals surface area contributed by atoms with Crippen molar-refractivity contribution in [1.29, 1.82) is 0 Å². The van der Waals surface area contributed by atoms with Crippen LogP contribution in [0.1, 0.15) is 53.9 Å². The maximum Gasteiger partial charge on any atom is 0.270 e. The molecule has 0 aliphatic carbocycles. The van der Waals surface area contributed by atoms with Gasteiger partial charge < -0.3 is 25.2 Å². The Morgan fingerprint density at radius 1 is 1.21 bits per heavy atom. The normalized spacial score (nSPS) is 13.7. The lowest BCUT2D eigenvalue weighted by Crippen LogP contribution is -2.60. The zero-order chi connectivity index (χ0) is 27.6. The van der Waals surface area contributed by atoms with Gasteiger partial charge in [-0.2, -0.15) is 0 Å². The second-order valence-corrected chi connectivity index (χ2v) is 11.0. The van der Waals surface area contributed by atoms with Crippen molar-refractivity contribution >= 4 is 29.1 Å². The minimum Gasteiger partial charge on any atom is -0.506 e. The van der Waals surface area contributed by atoms with Crippen LogP contribution in [-0.4, -0.2) is 50.5 Å². The Bertz CT molecular complexity index is 1350. The van der Waals surface area contributed by atoms with Gasteiger partial charge in [-0.3, -0.25) is 9.59 Å². The molecule has 200 valence electrons. The van der Waals surface area contributed by atoms with Crippen molar-refractivity contribution in [2.45, 2.75) is 52.2 Å². The Labute approximate surface area is 228 Å². The summed E-state index contributed by atoms with van der Waals surface area (Å²) in [6, 6.07) is 13.1. The molecule has 38 heavy (non-hydrogen) atoms. The topological polar surface area (TPSA) is 99.5 Å². The highest BCUT2D eigenvalue weighted by atomic mass is 35.5.